The van der Waals surface area contributed by atoms with E-state index < -0.39 is 35.9 Å². The van der Waals surface area contributed by atoms with Crippen LogP contribution in [0.4, 0.5) is 13.6 Å². The number of carbonyl (C=O) groups is 4. The number of fused-ring (bicyclic) bond motifs is 1. The molecule has 0 unspecified atom stereocenters. The summed E-state index contributed by atoms with van der Waals surface area (Å²) in [5, 5.41) is 7.38. The van der Waals surface area contributed by atoms with Gasteiger partial charge in [0.2, 0.25) is 11.8 Å². The number of benzene rings is 2. The number of nitrogens with one attached hydrogen (secondary N) is 2. The first-order valence-electron chi connectivity index (χ1n) is 13.2. The third-order valence-corrected chi connectivity index (χ3v) is 7.93. The van der Waals surface area contributed by atoms with Gasteiger partial charge in [-0.15, -0.1) is 11.3 Å². The summed E-state index contributed by atoms with van der Waals surface area (Å²) in [6.45, 7) is 0.759. The van der Waals surface area contributed by atoms with Gasteiger partial charge in [0.05, 0.1) is 34.8 Å². The quantitative estimate of drug-likeness (QED) is 0.260. The molecule has 2 atom stereocenters. The first kappa shape index (κ1) is 30.1. The molecule has 2 N–H and O–H groups in total. The van der Waals surface area contributed by atoms with Gasteiger partial charge in [0.25, 0.3) is 0 Å². The Bertz CT molecular complexity index is 1700. The number of alkyl halides is 1. The monoisotopic (exact) mass is 629 g/mol. The number of Topliss-reactive ketones (excluding diaryl/α,β-unsaturated/α-hetero) is 1. The second-order valence-electron chi connectivity index (χ2n) is 9.95. The zero-order valence-electron chi connectivity index (χ0n) is 22.8. The van der Waals surface area contributed by atoms with Crippen LogP contribution in [0.5, 0.6) is 5.75 Å². The minimum absolute atomic E-state index is 0.0954. The van der Waals surface area contributed by atoms with Crippen LogP contribution in [-0.4, -0.2) is 56.9 Å². The van der Waals surface area contributed by atoms with Crippen LogP contribution in [0.3, 0.4) is 0 Å². The number of carbonyl (C=O) groups excluding carboxylic acids is 4. The van der Waals surface area contributed by atoms with E-state index >= 15 is 0 Å². The van der Waals surface area contributed by atoms with E-state index in [0.29, 0.717) is 22.2 Å². The fourth-order valence-electron chi connectivity index (χ4n) is 4.91. The maximum Gasteiger partial charge on any atom is 0.412 e. The van der Waals surface area contributed by atoms with Gasteiger partial charge in [-0.3, -0.25) is 14.4 Å². The van der Waals surface area contributed by atoms with Crippen LogP contribution in [-0.2, 0) is 29.2 Å². The molecular weight excluding hydrogens is 604 g/mol. The normalized spacial score (nSPS) is 16.3. The number of ether oxygens (including phenoxy) is 1. The van der Waals surface area contributed by atoms with Crippen LogP contribution in [0.15, 0.2) is 53.5 Å². The summed E-state index contributed by atoms with van der Waals surface area (Å²) in [4.78, 5) is 56.3. The SMILES string of the molecule is CC(=O)c1cn(CC(=O)N2C[C@H](F)C[C@H]2C(=O)NCc2cccc(Cl)c2F)c2cc(OC(=O)NCc3cscn3)ccc12. The van der Waals surface area contributed by atoms with Crippen molar-refractivity contribution in [1.29, 1.82) is 0 Å². The van der Waals surface area contributed by atoms with Gasteiger partial charge in [-0.25, -0.2) is 18.6 Å². The molecular formula is C29H26ClF2N5O5S. The van der Waals surface area contributed by atoms with Crippen LogP contribution in [0.2, 0.25) is 5.02 Å². The molecule has 4 aromatic rings. The van der Waals surface area contributed by atoms with Crippen molar-refractivity contribution in [3.05, 3.63) is 81.1 Å². The van der Waals surface area contributed by atoms with E-state index in [-0.39, 0.29) is 54.7 Å². The Morgan fingerprint density at radius 3 is 2.72 bits per heavy atom. The first-order chi connectivity index (χ1) is 20.6. The highest BCUT2D eigenvalue weighted by molar-refractivity contribution is 7.07. The van der Waals surface area contributed by atoms with Gasteiger partial charge in [0, 0.05) is 47.1 Å². The minimum Gasteiger partial charge on any atom is -0.410 e. The molecule has 10 nitrogen and oxygen atoms in total. The lowest BCUT2D eigenvalue weighted by Crippen LogP contribution is -2.46. The lowest BCUT2D eigenvalue weighted by Gasteiger charge is -2.24. The van der Waals surface area contributed by atoms with Crippen molar-refractivity contribution >= 4 is 57.5 Å². The van der Waals surface area contributed by atoms with Crippen molar-refractivity contribution in [2.45, 2.75) is 45.2 Å². The van der Waals surface area contributed by atoms with E-state index in [9.17, 15) is 28.0 Å². The molecule has 5 rings (SSSR count). The van der Waals surface area contributed by atoms with Gasteiger partial charge in [0.15, 0.2) is 5.78 Å². The number of thiazole rings is 1. The second-order valence-corrected chi connectivity index (χ2v) is 11.1. The average molecular weight is 630 g/mol. The largest absolute Gasteiger partial charge is 0.412 e. The Labute approximate surface area is 253 Å². The highest BCUT2D eigenvalue weighted by Crippen LogP contribution is 2.28. The number of aromatic nitrogens is 2. The zero-order valence-corrected chi connectivity index (χ0v) is 24.4. The molecule has 1 aliphatic heterocycles. The highest BCUT2D eigenvalue weighted by atomic mass is 35.5. The van der Waals surface area contributed by atoms with Crippen LogP contribution in [0, 0.1) is 5.82 Å². The number of likely N-dealkylation sites (tertiary alicyclic amines) is 1. The number of amides is 3. The molecule has 0 aliphatic carbocycles. The van der Waals surface area contributed by atoms with Crippen molar-refractivity contribution in [2.24, 2.45) is 0 Å². The van der Waals surface area contributed by atoms with Crippen molar-refractivity contribution in [3.63, 3.8) is 0 Å². The Morgan fingerprint density at radius 1 is 1.16 bits per heavy atom. The van der Waals surface area contributed by atoms with E-state index in [2.05, 4.69) is 15.6 Å². The summed E-state index contributed by atoms with van der Waals surface area (Å²) in [6, 6.07) is 7.92. The van der Waals surface area contributed by atoms with E-state index in [0.717, 1.165) is 4.90 Å². The molecule has 0 bridgehead atoms. The Balaban J connectivity index is 1.31. The van der Waals surface area contributed by atoms with Gasteiger partial charge in [-0.1, -0.05) is 23.7 Å². The fraction of sp³-hybridized carbons (Fsp3) is 0.276. The molecule has 2 aromatic heterocycles. The Morgan fingerprint density at radius 2 is 1.98 bits per heavy atom. The van der Waals surface area contributed by atoms with E-state index in [1.54, 1.807) is 17.0 Å². The summed E-state index contributed by atoms with van der Waals surface area (Å²) in [5.74, 6) is -1.95. The molecule has 3 heterocycles. The molecule has 1 fully saturated rings. The summed E-state index contributed by atoms with van der Waals surface area (Å²) < 4.78 is 35.6. The van der Waals surface area contributed by atoms with Crippen LogP contribution >= 0.6 is 22.9 Å². The minimum atomic E-state index is -1.43. The highest BCUT2D eigenvalue weighted by Gasteiger charge is 2.39. The molecule has 1 aliphatic rings. The molecule has 14 heteroatoms. The van der Waals surface area contributed by atoms with Gasteiger partial charge in [0.1, 0.15) is 30.3 Å². The number of halogens is 3. The van der Waals surface area contributed by atoms with Crippen molar-refractivity contribution in [2.75, 3.05) is 6.54 Å². The molecule has 0 saturated carbocycles. The maximum absolute atomic E-state index is 14.5. The van der Waals surface area contributed by atoms with Gasteiger partial charge in [-0.05, 0) is 25.1 Å². The fourth-order valence-corrected chi connectivity index (χ4v) is 5.66. The molecule has 3 amide bonds. The standard InChI is InChI=1S/C29H26ClF2N5O5S/c1-16(38)22-12-36(24-8-20(5-6-21(22)24)42-29(41)34-10-19-14-43-15-35-19)13-26(39)37-11-18(31)7-25(37)28(40)33-9-17-3-2-4-23(30)27(17)32/h2-6,8,12,14-15,18,25H,7,9-11,13H2,1H3,(H,33,40)(H,34,41)/t18-,25+/m1/s1. The lowest BCUT2D eigenvalue weighted by molar-refractivity contribution is -0.139. The van der Waals surface area contributed by atoms with Gasteiger partial charge in [-0.2, -0.15) is 0 Å². The third kappa shape index (κ3) is 6.83. The van der Waals surface area contributed by atoms with Crippen LogP contribution in [0.25, 0.3) is 10.9 Å². The molecule has 0 spiro atoms. The second kappa shape index (κ2) is 12.9. The van der Waals surface area contributed by atoms with E-state index in [4.69, 9.17) is 16.3 Å². The number of nitrogens with zero attached hydrogens (tertiary/aromatic N) is 3. The van der Waals surface area contributed by atoms with Crippen LogP contribution in [0.1, 0.15) is 35.0 Å². The van der Waals surface area contributed by atoms with E-state index in [1.807, 2.05) is 0 Å². The molecule has 43 heavy (non-hydrogen) atoms. The van der Waals surface area contributed by atoms with Crippen molar-refractivity contribution in [1.82, 2.24) is 25.1 Å². The first-order valence-corrected chi connectivity index (χ1v) is 14.5. The molecule has 1 saturated heterocycles. The summed E-state index contributed by atoms with van der Waals surface area (Å²) in [7, 11) is 0. The Hall–Kier alpha value is -4.36. The molecule has 224 valence electrons. The van der Waals surface area contributed by atoms with E-state index in [1.165, 1.54) is 59.4 Å². The smallest absolute Gasteiger partial charge is 0.410 e. The average Bonchev–Trinajstić information content (AvgIpc) is 3.72. The van der Waals surface area contributed by atoms with Gasteiger partial charge < -0.3 is 24.8 Å². The number of rotatable bonds is 9. The predicted octanol–water partition coefficient (Wildman–Crippen LogP) is 4.64. The van der Waals surface area contributed by atoms with Gasteiger partial charge >= 0.3 is 6.09 Å². The topological polar surface area (TPSA) is 123 Å². The summed E-state index contributed by atoms with van der Waals surface area (Å²) in [5.41, 5.74) is 3.24. The predicted molar refractivity (Wildman–Crippen MR) is 155 cm³/mol. The number of hydrogen-bond donors (Lipinski definition) is 2. The van der Waals surface area contributed by atoms with Crippen molar-refractivity contribution in [3.8, 4) is 5.75 Å². The summed E-state index contributed by atoms with van der Waals surface area (Å²) >= 11 is 7.20. The third-order valence-electron chi connectivity index (χ3n) is 7.00. The van der Waals surface area contributed by atoms with Crippen LogP contribution < -0.4 is 15.4 Å². The maximum atomic E-state index is 14.5. The number of hydrogen-bond acceptors (Lipinski definition) is 7. The zero-order chi connectivity index (χ0) is 30.7. The molecule has 0 radical (unpaired) electrons. The van der Waals surface area contributed by atoms with Crippen molar-refractivity contribution < 1.29 is 32.7 Å². The Kier molecular flexibility index (Phi) is 9.02. The summed E-state index contributed by atoms with van der Waals surface area (Å²) in [6.07, 6.45) is -0.864. The molecule has 2 aromatic carbocycles. The number of ketones is 1. The lowest BCUT2D eigenvalue weighted by atomic mass is 10.1.